The molecule has 1 aromatic heterocycles. The molecule has 1 fully saturated rings. The normalized spacial score (nSPS) is 17.4. The molecule has 0 saturated carbocycles. The Morgan fingerprint density at radius 1 is 1.06 bits per heavy atom. The van der Waals surface area contributed by atoms with E-state index in [1.54, 1.807) is 7.05 Å². The number of hydrogen-bond donors (Lipinski definition) is 4. The quantitative estimate of drug-likeness (QED) is 0.431. The lowest BCUT2D eigenvalue weighted by Gasteiger charge is -2.35. The fraction of sp³-hybridized carbons (Fsp3) is 0.471. The summed E-state index contributed by atoms with van der Waals surface area (Å²) in [4.78, 5) is 13.8. The predicted octanol–water partition coefficient (Wildman–Crippen LogP) is 1.92. The topological polar surface area (TPSA) is 175 Å². The number of nitrogens with zero attached hydrogens (tertiary/aromatic N) is 4. The van der Waals surface area contributed by atoms with Gasteiger partial charge in [0.25, 0.3) is 20.2 Å². The third-order valence-electron chi connectivity index (χ3n) is 4.98. The summed E-state index contributed by atoms with van der Waals surface area (Å²) in [5, 5.41) is 5.45. The Morgan fingerprint density at radius 3 is 2.39 bits per heavy atom. The zero-order chi connectivity index (χ0) is 22.8. The van der Waals surface area contributed by atoms with E-state index in [1.165, 1.54) is 0 Å². The first kappa shape index (κ1) is 23.1. The fourth-order valence-corrected chi connectivity index (χ4v) is 4.60. The zero-order valence-electron chi connectivity index (χ0n) is 17.0. The van der Waals surface area contributed by atoms with Crippen LogP contribution in [0.4, 0.5) is 23.5 Å². The van der Waals surface area contributed by atoms with E-state index in [1.807, 2.05) is 0 Å². The molecule has 2 heterocycles. The van der Waals surface area contributed by atoms with E-state index in [-0.39, 0.29) is 23.6 Å². The molecule has 0 amide bonds. The van der Waals surface area contributed by atoms with E-state index in [2.05, 4.69) is 37.4 Å². The van der Waals surface area contributed by atoms with Crippen LogP contribution in [0.25, 0.3) is 0 Å². The Labute approximate surface area is 180 Å². The van der Waals surface area contributed by atoms with Gasteiger partial charge in [0.05, 0.1) is 10.6 Å². The van der Waals surface area contributed by atoms with Gasteiger partial charge in [0.1, 0.15) is 4.90 Å². The van der Waals surface area contributed by atoms with Crippen LogP contribution in [0, 0.1) is 0 Å². The number of piperidine rings is 1. The van der Waals surface area contributed by atoms with Crippen LogP contribution in [-0.2, 0) is 20.2 Å². The van der Waals surface area contributed by atoms with Crippen molar-refractivity contribution in [1.82, 2.24) is 15.0 Å². The van der Waals surface area contributed by atoms with Crippen molar-refractivity contribution in [3.8, 4) is 0 Å². The van der Waals surface area contributed by atoms with Crippen molar-refractivity contribution in [2.45, 2.75) is 48.4 Å². The summed E-state index contributed by atoms with van der Waals surface area (Å²) in [7, 11) is -7.72. The van der Waals surface area contributed by atoms with Gasteiger partial charge in [-0.2, -0.15) is 31.8 Å². The summed E-state index contributed by atoms with van der Waals surface area (Å²) in [6.45, 7) is 2.82. The zero-order valence-corrected chi connectivity index (χ0v) is 18.6. The predicted molar refractivity (Wildman–Crippen MR) is 114 cm³/mol. The molecular weight excluding hydrogens is 448 g/mol. The smallest absolute Gasteiger partial charge is 0.296 e. The van der Waals surface area contributed by atoms with E-state index in [0.29, 0.717) is 5.95 Å². The minimum atomic E-state index is -4.71. The van der Waals surface area contributed by atoms with Gasteiger partial charge in [-0.15, -0.1) is 0 Å². The molecule has 2 aromatic rings. The van der Waals surface area contributed by atoms with E-state index in [9.17, 15) is 25.9 Å². The standard InChI is InChI=1S/C17H24N6O6S2/c1-3-11-6-4-5-9-23(11)17-21-15(18-2)20-16(22-17)19-13-10-12(30(24,25)26)7-8-14(13)31(27,28)29/h7-8,10-11H,3-6,9H2,1-2H3,(H,24,25,26)(H,27,28,29)(H2,18,19,20,21,22). The SMILES string of the molecule is CCC1CCCCN1c1nc(NC)nc(Nc2cc(S(=O)(=O)O)ccc2S(=O)(=O)O)n1. The summed E-state index contributed by atoms with van der Waals surface area (Å²) in [6.07, 6.45) is 3.96. The molecule has 1 unspecified atom stereocenters. The average molecular weight is 473 g/mol. The van der Waals surface area contributed by atoms with E-state index < -0.39 is 30.0 Å². The second kappa shape index (κ2) is 8.90. The maximum Gasteiger partial charge on any atom is 0.296 e. The molecule has 31 heavy (non-hydrogen) atoms. The minimum Gasteiger partial charge on any atom is -0.357 e. The molecule has 1 atom stereocenters. The molecule has 0 bridgehead atoms. The first-order valence-electron chi connectivity index (χ1n) is 9.59. The van der Waals surface area contributed by atoms with Gasteiger partial charge in [-0.3, -0.25) is 9.11 Å². The summed E-state index contributed by atoms with van der Waals surface area (Å²) < 4.78 is 65.3. The van der Waals surface area contributed by atoms with Crippen LogP contribution in [0.5, 0.6) is 0 Å². The second-order valence-electron chi connectivity index (χ2n) is 7.02. The van der Waals surface area contributed by atoms with Crippen molar-refractivity contribution in [3.05, 3.63) is 18.2 Å². The number of anilines is 4. The molecule has 14 heteroatoms. The Bertz CT molecular complexity index is 1170. The van der Waals surface area contributed by atoms with Gasteiger partial charge in [-0.25, -0.2) is 0 Å². The Hall–Kier alpha value is -2.55. The first-order valence-corrected chi connectivity index (χ1v) is 12.5. The van der Waals surface area contributed by atoms with Crippen LogP contribution in [0.15, 0.2) is 28.0 Å². The fourth-order valence-electron chi connectivity index (χ4n) is 3.46. The maximum absolute atomic E-state index is 11.8. The number of hydrogen-bond acceptors (Lipinski definition) is 10. The van der Waals surface area contributed by atoms with Crippen LogP contribution < -0.4 is 15.5 Å². The summed E-state index contributed by atoms with van der Waals surface area (Å²) >= 11 is 0. The van der Waals surface area contributed by atoms with E-state index in [4.69, 9.17) is 0 Å². The number of rotatable bonds is 7. The van der Waals surface area contributed by atoms with Gasteiger partial charge in [0, 0.05) is 19.6 Å². The van der Waals surface area contributed by atoms with Crippen molar-refractivity contribution in [2.24, 2.45) is 0 Å². The number of benzene rings is 1. The maximum atomic E-state index is 11.8. The van der Waals surface area contributed by atoms with E-state index in [0.717, 1.165) is 50.4 Å². The van der Waals surface area contributed by atoms with Crippen LogP contribution >= 0.6 is 0 Å². The monoisotopic (exact) mass is 472 g/mol. The molecule has 3 rings (SSSR count). The van der Waals surface area contributed by atoms with Gasteiger partial charge in [0.15, 0.2) is 0 Å². The summed E-state index contributed by atoms with van der Waals surface area (Å²) in [6, 6.07) is 2.84. The van der Waals surface area contributed by atoms with Gasteiger partial charge in [-0.1, -0.05) is 6.92 Å². The van der Waals surface area contributed by atoms with Crippen molar-refractivity contribution in [2.75, 3.05) is 29.1 Å². The number of aromatic nitrogens is 3. The van der Waals surface area contributed by atoms with Crippen molar-refractivity contribution in [3.63, 3.8) is 0 Å². The third kappa shape index (κ3) is 5.39. The largest absolute Gasteiger partial charge is 0.357 e. The van der Waals surface area contributed by atoms with Gasteiger partial charge >= 0.3 is 0 Å². The highest BCUT2D eigenvalue weighted by molar-refractivity contribution is 7.86. The van der Waals surface area contributed by atoms with E-state index >= 15 is 0 Å². The second-order valence-corrected chi connectivity index (χ2v) is 9.83. The lowest BCUT2D eigenvalue weighted by Crippen LogP contribution is -2.40. The van der Waals surface area contributed by atoms with Crippen LogP contribution in [0.2, 0.25) is 0 Å². The van der Waals surface area contributed by atoms with Crippen molar-refractivity contribution < 1.29 is 25.9 Å². The van der Waals surface area contributed by atoms with Crippen molar-refractivity contribution >= 4 is 43.8 Å². The molecule has 1 aliphatic rings. The van der Waals surface area contributed by atoms with Gasteiger partial charge < -0.3 is 15.5 Å². The summed E-state index contributed by atoms with van der Waals surface area (Å²) in [5.74, 6) is 0.534. The van der Waals surface area contributed by atoms with Crippen LogP contribution in [0.3, 0.4) is 0 Å². The highest BCUT2D eigenvalue weighted by atomic mass is 32.2. The van der Waals surface area contributed by atoms with Crippen LogP contribution in [0.1, 0.15) is 32.6 Å². The van der Waals surface area contributed by atoms with Gasteiger partial charge in [0.2, 0.25) is 17.8 Å². The lowest BCUT2D eigenvalue weighted by atomic mass is 10.0. The Morgan fingerprint density at radius 2 is 1.77 bits per heavy atom. The van der Waals surface area contributed by atoms with Crippen molar-refractivity contribution in [1.29, 1.82) is 0 Å². The minimum absolute atomic E-state index is 0.0628. The highest BCUT2D eigenvalue weighted by Gasteiger charge is 2.25. The molecule has 1 saturated heterocycles. The lowest BCUT2D eigenvalue weighted by molar-refractivity contribution is 0.443. The molecule has 1 aromatic carbocycles. The molecule has 1 aliphatic heterocycles. The first-order chi connectivity index (χ1) is 14.5. The molecule has 4 N–H and O–H groups in total. The molecular formula is C17H24N6O6S2. The summed E-state index contributed by atoms with van der Waals surface area (Å²) in [5.41, 5.74) is -0.317. The Balaban J connectivity index is 2.08. The molecule has 12 nitrogen and oxygen atoms in total. The third-order valence-corrected chi connectivity index (χ3v) is 6.74. The van der Waals surface area contributed by atoms with Crippen LogP contribution in [-0.4, -0.2) is 60.5 Å². The molecule has 0 radical (unpaired) electrons. The number of nitrogens with one attached hydrogen (secondary N) is 2. The molecule has 0 aliphatic carbocycles. The Kier molecular flexibility index (Phi) is 6.64. The van der Waals surface area contributed by atoms with Gasteiger partial charge in [-0.05, 0) is 43.9 Å². The highest BCUT2D eigenvalue weighted by Crippen LogP contribution is 2.29. The molecule has 0 spiro atoms. The average Bonchev–Trinajstić information content (AvgIpc) is 2.72. The molecule has 170 valence electrons.